The molecule has 1 aromatic rings. The van der Waals surface area contributed by atoms with Gasteiger partial charge in [-0.05, 0) is 18.2 Å². The van der Waals surface area contributed by atoms with Crippen molar-refractivity contribution in [1.82, 2.24) is 9.80 Å². The molecule has 1 aliphatic rings. The van der Waals surface area contributed by atoms with Gasteiger partial charge in [-0.1, -0.05) is 6.07 Å². The molecule has 1 fully saturated rings. The number of halogens is 3. The molecule has 0 radical (unpaired) electrons. The van der Waals surface area contributed by atoms with Crippen molar-refractivity contribution in [2.75, 3.05) is 43.9 Å². The van der Waals surface area contributed by atoms with Gasteiger partial charge < -0.3 is 10.2 Å². The summed E-state index contributed by atoms with van der Waals surface area (Å²) in [6.07, 6.45) is 0. The van der Waals surface area contributed by atoms with Crippen LogP contribution in [0.15, 0.2) is 24.3 Å². The number of nitrogens with zero attached hydrogens (tertiary/aromatic N) is 2. The van der Waals surface area contributed by atoms with Crippen LogP contribution >= 0.6 is 24.0 Å². The number of hydrogen-bond acceptors (Lipinski definition) is 3. The van der Waals surface area contributed by atoms with Crippen molar-refractivity contribution in [2.45, 2.75) is 0 Å². The van der Waals surface area contributed by atoms with Crippen molar-refractivity contribution in [1.29, 1.82) is 0 Å². The standard InChI is InChI=1S/C14H17ClFN3O2.ClH/c15-9-14(21)19-6-4-18(5-7-19)10-13(20)17-12-3-1-2-11(16)8-12;/h1-3,8H,4-7,9-10H2,(H,17,20);1H. The van der Waals surface area contributed by atoms with E-state index < -0.39 is 0 Å². The number of hydrogen-bond donors (Lipinski definition) is 1. The minimum Gasteiger partial charge on any atom is -0.339 e. The molecule has 0 saturated carbocycles. The van der Waals surface area contributed by atoms with Crippen LogP contribution in [0.2, 0.25) is 0 Å². The number of nitrogens with one attached hydrogen (secondary N) is 1. The average Bonchev–Trinajstić information content (AvgIpc) is 2.47. The molecule has 1 heterocycles. The minimum absolute atomic E-state index is 0. The molecule has 0 aliphatic carbocycles. The molecule has 2 amide bonds. The first-order valence-electron chi connectivity index (χ1n) is 6.70. The van der Waals surface area contributed by atoms with Gasteiger partial charge in [-0.25, -0.2) is 4.39 Å². The van der Waals surface area contributed by atoms with Crippen molar-refractivity contribution < 1.29 is 14.0 Å². The van der Waals surface area contributed by atoms with Gasteiger partial charge in [0.15, 0.2) is 0 Å². The maximum atomic E-state index is 13.0. The lowest BCUT2D eigenvalue weighted by Crippen LogP contribution is -2.50. The van der Waals surface area contributed by atoms with Gasteiger partial charge in [0.25, 0.3) is 0 Å². The van der Waals surface area contributed by atoms with E-state index in [1.54, 1.807) is 17.0 Å². The highest BCUT2D eigenvalue weighted by Gasteiger charge is 2.21. The summed E-state index contributed by atoms with van der Waals surface area (Å²) in [6.45, 7) is 2.61. The van der Waals surface area contributed by atoms with Crippen LogP contribution in [0.25, 0.3) is 0 Å². The largest absolute Gasteiger partial charge is 0.339 e. The number of rotatable bonds is 4. The first-order valence-corrected chi connectivity index (χ1v) is 7.23. The second-order valence-corrected chi connectivity index (χ2v) is 5.12. The normalized spacial score (nSPS) is 15.1. The maximum absolute atomic E-state index is 13.0. The fourth-order valence-corrected chi connectivity index (χ4v) is 2.38. The Bertz CT molecular complexity index is 523. The number of piperazine rings is 1. The molecule has 1 saturated heterocycles. The van der Waals surface area contributed by atoms with Crippen molar-refractivity contribution in [2.24, 2.45) is 0 Å². The molecule has 0 atom stereocenters. The third-order valence-electron chi connectivity index (χ3n) is 3.31. The number of anilines is 1. The lowest BCUT2D eigenvalue weighted by molar-refractivity contribution is -0.130. The predicted octanol–water partition coefficient (Wildman–Crippen LogP) is 1.57. The molecule has 0 unspecified atom stereocenters. The van der Waals surface area contributed by atoms with Crippen molar-refractivity contribution >= 4 is 41.5 Å². The van der Waals surface area contributed by atoms with Gasteiger partial charge in [-0.15, -0.1) is 24.0 Å². The molecule has 22 heavy (non-hydrogen) atoms. The molecule has 1 aliphatic heterocycles. The van der Waals surface area contributed by atoms with Gasteiger partial charge in [0.1, 0.15) is 11.7 Å². The molecule has 122 valence electrons. The summed E-state index contributed by atoms with van der Waals surface area (Å²) in [6, 6.07) is 5.78. The predicted molar refractivity (Wildman–Crippen MR) is 86.0 cm³/mol. The summed E-state index contributed by atoms with van der Waals surface area (Å²) in [5, 5.41) is 2.65. The molecule has 0 aromatic heterocycles. The van der Waals surface area contributed by atoms with E-state index in [0.29, 0.717) is 31.9 Å². The summed E-state index contributed by atoms with van der Waals surface area (Å²) in [5.74, 6) is -0.681. The van der Waals surface area contributed by atoms with E-state index >= 15 is 0 Å². The maximum Gasteiger partial charge on any atom is 0.238 e. The lowest BCUT2D eigenvalue weighted by atomic mass is 10.3. The Morgan fingerprint density at radius 2 is 1.91 bits per heavy atom. The van der Waals surface area contributed by atoms with Gasteiger partial charge in [0, 0.05) is 31.9 Å². The zero-order valence-corrected chi connectivity index (χ0v) is 13.5. The topological polar surface area (TPSA) is 52.7 Å². The minimum atomic E-state index is -0.388. The molecule has 2 rings (SSSR count). The van der Waals surface area contributed by atoms with Crippen LogP contribution in [-0.4, -0.2) is 60.2 Å². The van der Waals surface area contributed by atoms with Crippen LogP contribution in [-0.2, 0) is 9.59 Å². The van der Waals surface area contributed by atoms with Crippen LogP contribution in [0, 0.1) is 5.82 Å². The molecule has 8 heteroatoms. The summed E-state index contributed by atoms with van der Waals surface area (Å²) in [5.41, 5.74) is 0.441. The Morgan fingerprint density at radius 3 is 2.50 bits per heavy atom. The molecular formula is C14H18Cl2FN3O2. The molecule has 1 N–H and O–H groups in total. The Hall–Kier alpha value is -1.37. The van der Waals surface area contributed by atoms with E-state index in [4.69, 9.17) is 11.6 Å². The first-order chi connectivity index (χ1) is 10.1. The fraction of sp³-hybridized carbons (Fsp3) is 0.429. The van der Waals surface area contributed by atoms with E-state index in [0.717, 1.165) is 0 Å². The zero-order valence-electron chi connectivity index (χ0n) is 11.9. The van der Waals surface area contributed by atoms with E-state index in [1.807, 2.05) is 4.90 Å². The average molecular weight is 350 g/mol. The van der Waals surface area contributed by atoms with Crippen LogP contribution in [0.4, 0.5) is 10.1 Å². The van der Waals surface area contributed by atoms with Crippen molar-refractivity contribution in [3.05, 3.63) is 30.1 Å². The monoisotopic (exact) mass is 349 g/mol. The fourth-order valence-electron chi connectivity index (χ4n) is 2.21. The summed E-state index contributed by atoms with van der Waals surface area (Å²) >= 11 is 5.51. The molecular weight excluding hydrogens is 332 g/mol. The second-order valence-electron chi connectivity index (χ2n) is 4.85. The third-order valence-corrected chi connectivity index (χ3v) is 3.54. The van der Waals surface area contributed by atoms with Gasteiger partial charge >= 0.3 is 0 Å². The van der Waals surface area contributed by atoms with E-state index in [-0.39, 0.29) is 42.5 Å². The number of carbonyl (C=O) groups is 2. The van der Waals surface area contributed by atoms with Gasteiger partial charge in [0.2, 0.25) is 11.8 Å². The smallest absolute Gasteiger partial charge is 0.238 e. The SMILES string of the molecule is Cl.O=C(CN1CCN(C(=O)CCl)CC1)Nc1cccc(F)c1. The second kappa shape index (κ2) is 8.92. The molecule has 0 bridgehead atoms. The third kappa shape index (κ3) is 5.44. The van der Waals surface area contributed by atoms with E-state index in [1.165, 1.54) is 12.1 Å². The number of carbonyl (C=O) groups excluding carboxylic acids is 2. The highest BCUT2D eigenvalue weighted by atomic mass is 35.5. The van der Waals surface area contributed by atoms with E-state index in [9.17, 15) is 14.0 Å². The van der Waals surface area contributed by atoms with Crippen LogP contribution in [0.3, 0.4) is 0 Å². The first kappa shape index (κ1) is 18.7. The lowest BCUT2D eigenvalue weighted by Gasteiger charge is -2.33. The zero-order chi connectivity index (χ0) is 15.2. The Labute approximate surface area is 139 Å². The van der Waals surface area contributed by atoms with Gasteiger partial charge in [-0.3, -0.25) is 14.5 Å². The number of benzene rings is 1. The quantitative estimate of drug-likeness (QED) is 0.839. The van der Waals surface area contributed by atoms with Crippen molar-refractivity contribution in [3.63, 3.8) is 0 Å². The van der Waals surface area contributed by atoms with Gasteiger partial charge in [-0.2, -0.15) is 0 Å². The Balaban J connectivity index is 0.00000242. The van der Waals surface area contributed by atoms with E-state index in [2.05, 4.69) is 5.32 Å². The highest BCUT2D eigenvalue weighted by Crippen LogP contribution is 2.09. The molecule has 0 spiro atoms. The van der Waals surface area contributed by atoms with Gasteiger partial charge in [0.05, 0.1) is 6.54 Å². The number of alkyl halides is 1. The number of amides is 2. The Morgan fingerprint density at radius 1 is 1.23 bits per heavy atom. The Kier molecular flexibility index (Phi) is 7.58. The van der Waals surface area contributed by atoms with Crippen LogP contribution in [0.1, 0.15) is 0 Å². The molecule has 1 aromatic carbocycles. The summed E-state index contributed by atoms with van der Waals surface area (Å²) < 4.78 is 13.0. The highest BCUT2D eigenvalue weighted by molar-refractivity contribution is 6.27. The molecule has 5 nitrogen and oxygen atoms in total. The van der Waals surface area contributed by atoms with Crippen LogP contribution < -0.4 is 5.32 Å². The van der Waals surface area contributed by atoms with Crippen molar-refractivity contribution in [3.8, 4) is 0 Å². The summed E-state index contributed by atoms with van der Waals surface area (Å²) in [7, 11) is 0. The van der Waals surface area contributed by atoms with Crippen LogP contribution in [0.5, 0.6) is 0 Å². The summed E-state index contributed by atoms with van der Waals surface area (Å²) in [4.78, 5) is 27.0.